The number of ether oxygens (including phenoxy) is 2. The van der Waals surface area contributed by atoms with Crippen LogP contribution in [0, 0.1) is 0 Å². The Bertz CT molecular complexity index is 449. The second-order valence-electron chi connectivity index (χ2n) is 2.97. The molecule has 0 aromatic heterocycles. The molecule has 0 saturated carbocycles. The number of azide groups is 1. The highest BCUT2D eigenvalue weighted by molar-refractivity contribution is 5.99. The van der Waals surface area contributed by atoms with Crippen molar-refractivity contribution in [3.8, 4) is 11.5 Å². The molecule has 0 spiro atoms. The minimum atomic E-state index is -0.185. The van der Waals surface area contributed by atoms with E-state index in [9.17, 15) is 4.79 Å². The third-order valence-electron chi connectivity index (χ3n) is 2.02. The third-order valence-corrected chi connectivity index (χ3v) is 2.02. The summed E-state index contributed by atoms with van der Waals surface area (Å²) in [7, 11) is 0. The fourth-order valence-corrected chi connectivity index (χ4v) is 1.34. The van der Waals surface area contributed by atoms with Gasteiger partial charge in [0.2, 0.25) is 6.79 Å². The number of fused-ring (bicyclic) bond motifs is 1. The lowest BCUT2D eigenvalue weighted by molar-refractivity contribution is 0.101. The summed E-state index contributed by atoms with van der Waals surface area (Å²) in [5.41, 5.74) is 8.94. The molecule has 0 fully saturated rings. The van der Waals surface area contributed by atoms with Gasteiger partial charge >= 0.3 is 0 Å². The van der Waals surface area contributed by atoms with Crippen molar-refractivity contribution in [2.45, 2.75) is 6.92 Å². The predicted octanol–water partition coefficient (Wildman–Crippen LogP) is 2.56. The first-order valence-corrected chi connectivity index (χ1v) is 4.22. The number of carbonyl (C=O) groups is 1. The van der Waals surface area contributed by atoms with Crippen LogP contribution in [0.15, 0.2) is 17.2 Å². The van der Waals surface area contributed by atoms with Crippen molar-refractivity contribution in [2.24, 2.45) is 5.11 Å². The molecular weight excluding hydrogens is 198 g/mol. The van der Waals surface area contributed by atoms with Gasteiger partial charge in [-0.05, 0) is 24.6 Å². The highest BCUT2D eigenvalue weighted by atomic mass is 16.7. The first-order chi connectivity index (χ1) is 7.22. The summed E-state index contributed by atoms with van der Waals surface area (Å²) in [6.07, 6.45) is 0. The summed E-state index contributed by atoms with van der Waals surface area (Å²) in [5, 5.41) is 3.43. The minimum absolute atomic E-state index is 0.117. The van der Waals surface area contributed by atoms with Crippen LogP contribution in [-0.4, -0.2) is 12.6 Å². The number of carbonyl (C=O) groups excluding carboxylic acids is 1. The third kappa shape index (κ3) is 1.58. The molecule has 6 nitrogen and oxygen atoms in total. The van der Waals surface area contributed by atoms with E-state index in [4.69, 9.17) is 15.0 Å². The van der Waals surface area contributed by atoms with Gasteiger partial charge in [-0.1, -0.05) is 5.11 Å². The van der Waals surface area contributed by atoms with Crippen molar-refractivity contribution in [3.05, 3.63) is 28.1 Å². The Hall–Kier alpha value is -2.20. The summed E-state index contributed by atoms with van der Waals surface area (Å²) < 4.78 is 10.2. The van der Waals surface area contributed by atoms with Crippen molar-refractivity contribution in [2.75, 3.05) is 6.79 Å². The maximum absolute atomic E-state index is 11.3. The summed E-state index contributed by atoms with van der Waals surface area (Å²) in [6.45, 7) is 1.51. The Labute approximate surface area is 85.0 Å². The molecule has 0 N–H and O–H groups in total. The average molecular weight is 205 g/mol. The zero-order valence-electron chi connectivity index (χ0n) is 7.93. The first kappa shape index (κ1) is 9.36. The van der Waals surface area contributed by atoms with Gasteiger partial charge in [0.25, 0.3) is 0 Å². The standard InChI is InChI=1S/C9H7N3O3/c1-5(13)6-2-8-9(15-4-14-8)3-7(6)11-12-10/h2-3H,4H2,1H3. The highest BCUT2D eigenvalue weighted by Crippen LogP contribution is 2.38. The van der Waals surface area contributed by atoms with Crippen molar-refractivity contribution in [3.63, 3.8) is 0 Å². The topological polar surface area (TPSA) is 84.3 Å². The SMILES string of the molecule is CC(=O)c1cc2c(cc1N=[N+]=[N-])OCO2. The number of ketones is 1. The lowest BCUT2D eigenvalue weighted by Crippen LogP contribution is -1.93. The van der Waals surface area contributed by atoms with Gasteiger partial charge in [-0.2, -0.15) is 0 Å². The van der Waals surface area contributed by atoms with E-state index in [2.05, 4.69) is 10.0 Å². The van der Waals surface area contributed by atoms with E-state index in [1.165, 1.54) is 19.1 Å². The predicted molar refractivity (Wildman–Crippen MR) is 51.4 cm³/mol. The quantitative estimate of drug-likeness (QED) is 0.322. The Morgan fingerprint density at radius 1 is 1.47 bits per heavy atom. The van der Waals surface area contributed by atoms with E-state index in [0.29, 0.717) is 17.1 Å². The molecule has 0 aliphatic carbocycles. The summed E-state index contributed by atoms with van der Waals surface area (Å²) in [4.78, 5) is 13.9. The second-order valence-corrected chi connectivity index (χ2v) is 2.97. The molecule has 6 heteroatoms. The number of nitrogens with zero attached hydrogens (tertiary/aromatic N) is 3. The Morgan fingerprint density at radius 3 is 2.73 bits per heavy atom. The number of rotatable bonds is 2. The molecule has 2 rings (SSSR count). The van der Waals surface area contributed by atoms with Gasteiger partial charge in [-0.15, -0.1) is 0 Å². The summed E-state index contributed by atoms with van der Waals surface area (Å²) in [5.74, 6) is 0.801. The maximum atomic E-state index is 11.3. The van der Waals surface area contributed by atoms with Gasteiger partial charge in [0.1, 0.15) is 0 Å². The molecule has 0 atom stereocenters. The number of hydrogen-bond donors (Lipinski definition) is 0. The van der Waals surface area contributed by atoms with Gasteiger partial charge < -0.3 is 9.47 Å². The molecule has 0 amide bonds. The van der Waals surface area contributed by atoms with Crippen LogP contribution in [0.5, 0.6) is 11.5 Å². The van der Waals surface area contributed by atoms with Crippen LogP contribution < -0.4 is 9.47 Å². The van der Waals surface area contributed by atoms with Crippen LogP contribution in [0.2, 0.25) is 0 Å². The lowest BCUT2D eigenvalue weighted by Gasteiger charge is -2.02. The van der Waals surface area contributed by atoms with Crippen LogP contribution in [0.3, 0.4) is 0 Å². The van der Waals surface area contributed by atoms with Crippen LogP contribution in [-0.2, 0) is 0 Å². The monoisotopic (exact) mass is 205 g/mol. The normalized spacial score (nSPS) is 12.1. The largest absolute Gasteiger partial charge is 0.454 e. The Kier molecular flexibility index (Phi) is 2.19. The van der Waals surface area contributed by atoms with Gasteiger partial charge in [-0.3, -0.25) is 4.79 Å². The second kappa shape index (κ2) is 3.51. The van der Waals surface area contributed by atoms with E-state index in [-0.39, 0.29) is 18.3 Å². The van der Waals surface area contributed by atoms with E-state index in [0.717, 1.165) is 0 Å². The highest BCUT2D eigenvalue weighted by Gasteiger charge is 2.18. The minimum Gasteiger partial charge on any atom is -0.454 e. The molecule has 1 aliphatic heterocycles. The van der Waals surface area contributed by atoms with E-state index >= 15 is 0 Å². The molecule has 1 aliphatic rings. The fraction of sp³-hybridized carbons (Fsp3) is 0.222. The van der Waals surface area contributed by atoms with Gasteiger partial charge in [0.05, 0.1) is 5.69 Å². The van der Waals surface area contributed by atoms with Crippen LogP contribution >= 0.6 is 0 Å². The van der Waals surface area contributed by atoms with Crippen LogP contribution in [0.4, 0.5) is 5.69 Å². The van der Waals surface area contributed by atoms with Gasteiger partial charge in [-0.25, -0.2) is 0 Å². The lowest BCUT2D eigenvalue weighted by atomic mass is 10.1. The summed E-state index contributed by atoms with van der Waals surface area (Å²) in [6, 6.07) is 3.02. The van der Waals surface area contributed by atoms with Crippen molar-refractivity contribution in [1.82, 2.24) is 0 Å². The zero-order chi connectivity index (χ0) is 10.8. The van der Waals surface area contributed by atoms with Gasteiger partial charge in [0.15, 0.2) is 17.3 Å². The van der Waals surface area contributed by atoms with Gasteiger partial charge in [0, 0.05) is 10.5 Å². The number of hydrogen-bond acceptors (Lipinski definition) is 4. The first-order valence-electron chi connectivity index (χ1n) is 4.22. The average Bonchev–Trinajstić information content (AvgIpc) is 2.63. The molecule has 0 bridgehead atoms. The smallest absolute Gasteiger partial charge is 0.231 e. The fourth-order valence-electron chi connectivity index (χ4n) is 1.34. The summed E-state index contributed by atoms with van der Waals surface area (Å²) >= 11 is 0. The van der Waals surface area contributed by atoms with Crippen LogP contribution in [0.1, 0.15) is 17.3 Å². The van der Waals surface area contributed by atoms with Crippen molar-refractivity contribution >= 4 is 11.5 Å². The maximum Gasteiger partial charge on any atom is 0.231 e. The van der Waals surface area contributed by atoms with Crippen LogP contribution in [0.25, 0.3) is 10.4 Å². The molecular formula is C9H7N3O3. The Balaban J connectivity index is 2.61. The molecule has 0 unspecified atom stereocenters. The zero-order valence-corrected chi connectivity index (χ0v) is 7.93. The molecule has 15 heavy (non-hydrogen) atoms. The van der Waals surface area contributed by atoms with Crippen molar-refractivity contribution < 1.29 is 14.3 Å². The molecule has 1 aromatic rings. The van der Waals surface area contributed by atoms with E-state index in [1.807, 2.05) is 0 Å². The molecule has 0 saturated heterocycles. The van der Waals surface area contributed by atoms with E-state index < -0.39 is 0 Å². The molecule has 0 radical (unpaired) electrons. The number of Topliss-reactive ketones (excluding diaryl/α,β-unsaturated/α-hetero) is 1. The van der Waals surface area contributed by atoms with Crippen molar-refractivity contribution in [1.29, 1.82) is 0 Å². The Morgan fingerprint density at radius 2 is 2.13 bits per heavy atom. The molecule has 1 aromatic carbocycles. The van der Waals surface area contributed by atoms with E-state index in [1.54, 1.807) is 0 Å². The number of benzene rings is 1. The molecule has 1 heterocycles. The molecule has 76 valence electrons.